The van der Waals surface area contributed by atoms with E-state index in [2.05, 4.69) is 15.2 Å². The number of urea groups is 1. The third-order valence-corrected chi connectivity index (χ3v) is 3.69. The van der Waals surface area contributed by atoms with Gasteiger partial charge in [-0.3, -0.25) is 0 Å². The first-order valence-corrected chi connectivity index (χ1v) is 6.16. The molecular weight excluding hydrogens is 230 g/mol. The number of carbonyl (C=O) groups is 1. The molecule has 18 heavy (non-hydrogen) atoms. The molecule has 0 saturated carbocycles. The zero-order valence-corrected chi connectivity index (χ0v) is 10.4. The van der Waals surface area contributed by atoms with Crippen LogP contribution in [0.1, 0.15) is 5.56 Å². The van der Waals surface area contributed by atoms with Gasteiger partial charge in [0.15, 0.2) is 0 Å². The highest BCUT2D eigenvalue weighted by Crippen LogP contribution is 2.22. The molecule has 1 aromatic heterocycles. The topological polar surface area (TPSA) is 74.5 Å². The van der Waals surface area contributed by atoms with Crippen LogP contribution in [0.15, 0.2) is 12.3 Å². The Balaban J connectivity index is 1.78. The average molecular weight is 247 g/mol. The SMILES string of the molecule is Cc1cc(N2CCN3C(=O)NCC3C2)ncc1N. The third kappa shape index (κ3) is 1.73. The molecule has 0 bridgehead atoms. The number of nitrogens with two attached hydrogens (primary N) is 1. The molecule has 2 aliphatic heterocycles. The first-order chi connectivity index (χ1) is 8.65. The molecule has 3 heterocycles. The van der Waals surface area contributed by atoms with Crippen LogP contribution in [0.3, 0.4) is 0 Å². The summed E-state index contributed by atoms with van der Waals surface area (Å²) in [5.74, 6) is 0.945. The highest BCUT2D eigenvalue weighted by molar-refractivity contribution is 5.77. The van der Waals surface area contributed by atoms with E-state index in [1.807, 2.05) is 17.9 Å². The first kappa shape index (κ1) is 11.1. The second-order valence-electron chi connectivity index (χ2n) is 4.88. The van der Waals surface area contributed by atoms with Crippen molar-refractivity contribution in [2.24, 2.45) is 0 Å². The van der Waals surface area contributed by atoms with Crippen molar-refractivity contribution in [3.05, 3.63) is 17.8 Å². The van der Waals surface area contributed by atoms with Crippen molar-refractivity contribution in [2.45, 2.75) is 13.0 Å². The highest BCUT2D eigenvalue weighted by atomic mass is 16.2. The van der Waals surface area contributed by atoms with Gasteiger partial charge in [0.05, 0.1) is 17.9 Å². The molecule has 2 aliphatic rings. The molecule has 1 unspecified atom stereocenters. The number of pyridine rings is 1. The second-order valence-corrected chi connectivity index (χ2v) is 4.88. The van der Waals surface area contributed by atoms with Crippen molar-refractivity contribution in [1.82, 2.24) is 15.2 Å². The minimum absolute atomic E-state index is 0.0566. The summed E-state index contributed by atoms with van der Waals surface area (Å²) in [4.78, 5) is 20.0. The number of aromatic nitrogens is 1. The fraction of sp³-hybridized carbons (Fsp3) is 0.500. The van der Waals surface area contributed by atoms with Crippen LogP contribution in [0.4, 0.5) is 16.3 Å². The number of nitrogen functional groups attached to an aromatic ring is 1. The van der Waals surface area contributed by atoms with Gasteiger partial charge in [0.25, 0.3) is 0 Å². The average Bonchev–Trinajstić information content (AvgIpc) is 2.74. The third-order valence-electron chi connectivity index (χ3n) is 3.69. The molecule has 3 rings (SSSR count). The van der Waals surface area contributed by atoms with Gasteiger partial charge in [-0.25, -0.2) is 9.78 Å². The summed E-state index contributed by atoms with van der Waals surface area (Å²) in [5.41, 5.74) is 7.54. The van der Waals surface area contributed by atoms with Gasteiger partial charge in [-0.15, -0.1) is 0 Å². The molecule has 2 fully saturated rings. The van der Waals surface area contributed by atoms with Crippen LogP contribution in [-0.2, 0) is 0 Å². The van der Waals surface area contributed by atoms with E-state index in [1.54, 1.807) is 6.20 Å². The molecule has 2 amide bonds. The van der Waals surface area contributed by atoms with Gasteiger partial charge in [-0.2, -0.15) is 0 Å². The monoisotopic (exact) mass is 247 g/mol. The van der Waals surface area contributed by atoms with Crippen LogP contribution in [0.2, 0.25) is 0 Å². The molecule has 0 aromatic carbocycles. The van der Waals surface area contributed by atoms with Crippen LogP contribution in [0.5, 0.6) is 0 Å². The number of amides is 2. The Bertz CT molecular complexity index is 489. The van der Waals surface area contributed by atoms with E-state index in [9.17, 15) is 4.79 Å². The Morgan fingerprint density at radius 1 is 1.50 bits per heavy atom. The van der Waals surface area contributed by atoms with Crippen molar-refractivity contribution in [1.29, 1.82) is 0 Å². The van der Waals surface area contributed by atoms with E-state index < -0.39 is 0 Å². The Hall–Kier alpha value is -1.98. The Kier molecular flexibility index (Phi) is 2.50. The predicted octanol–water partition coefficient (Wildman–Crippen LogP) is 0.186. The van der Waals surface area contributed by atoms with Gasteiger partial charge in [0.2, 0.25) is 0 Å². The van der Waals surface area contributed by atoms with Gasteiger partial charge in [-0.05, 0) is 18.6 Å². The summed E-state index contributed by atoms with van der Waals surface area (Å²) in [5, 5.41) is 2.87. The summed E-state index contributed by atoms with van der Waals surface area (Å²) in [7, 11) is 0. The van der Waals surface area contributed by atoms with Crippen LogP contribution in [0.25, 0.3) is 0 Å². The number of rotatable bonds is 1. The summed E-state index contributed by atoms with van der Waals surface area (Å²) >= 11 is 0. The minimum atomic E-state index is 0.0566. The van der Waals surface area contributed by atoms with Crippen LogP contribution in [-0.4, -0.2) is 48.1 Å². The molecule has 2 saturated heterocycles. The lowest BCUT2D eigenvalue weighted by Crippen LogP contribution is -2.52. The number of hydrogen-bond donors (Lipinski definition) is 2. The van der Waals surface area contributed by atoms with Crippen LogP contribution < -0.4 is 16.0 Å². The molecule has 0 radical (unpaired) electrons. The molecule has 0 aliphatic carbocycles. The van der Waals surface area contributed by atoms with E-state index in [1.165, 1.54) is 0 Å². The van der Waals surface area contributed by atoms with Crippen molar-refractivity contribution >= 4 is 17.5 Å². The summed E-state index contributed by atoms with van der Waals surface area (Å²) < 4.78 is 0. The van der Waals surface area contributed by atoms with Crippen molar-refractivity contribution in [3.63, 3.8) is 0 Å². The van der Waals surface area contributed by atoms with Gasteiger partial charge in [0, 0.05) is 26.2 Å². The maximum absolute atomic E-state index is 11.5. The van der Waals surface area contributed by atoms with E-state index in [0.717, 1.165) is 43.2 Å². The Labute approximate surface area is 106 Å². The van der Waals surface area contributed by atoms with Crippen LogP contribution >= 0.6 is 0 Å². The number of nitrogens with zero attached hydrogens (tertiary/aromatic N) is 3. The number of fused-ring (bicyclic) bond motifs is 1. The fourth-order valence-electron chi connectivity index (χ4n) is 2.54. The van der Waals surface area contributed by atoms with E-state index in [4.69, 9.17) is 5.73 Å². The molecule has 96 valence electrons. The number of nitrogens with one attached hydrogen (secondary N) is 1. The van der Waals surface area contributed by atoms with Gasteiger partial charge < -0.3 is 20.9 Å². The number of aryl methyl sites for hydroxylation is 1. The minimum Gasteiger partial charge on any atom is -0.397 e. The van der Waals surface area contributed by atoms with Crippen LogP contribution in [0, 0.1) is 6.92 Å². The first-order valence-electron chi connectivity index (χ1n) is 6.16. The van der Waals surface area contributed by atoms with Gasteiger partial charge in [0.1, 0.15) is 5.82 Å². The number of piperazine rings is 1. The zero-order chi connectivity index (χ0) is 12.7. The van der Waals surface area contributed by atoms with E-state index in [0.29, 0.717) is 0 Å². The largest absolute Gasteiger partial charge is 0.397 e. The van der Waals surface area contributed by atoms with E-state index in [-0.39, 0.29) is 12.1 Å². The second kappa shape index (κ2) is 4.04. The smallest absolute Gasteiger partial charge is 0.317 e. The molecular formula is C12H17N5O. The highest BCUT2D eigenvalue weighted by Gasteiger charge is 2.35. The number of carbonyl (C=O) groups excluding carboxylic acids is 1. The number of anilines is 2. The standard InChI is InChI=1S/C12H17N5O/c1-8-4-11(14-6-10(8)13)16-2-3-17-9(7-16)5-15-12(17)18/h4,6,9H,2-3,5,7,13H2,1H3,(H,15,18). The molecule has 6 nitrogen and oxygen atoms in total. The zero-order valence-electron chi connectivity index (χ0n) is 10.4. The normalized spacial score (nSPS) is 22.9. The van der Waals surface area contributed by atoms with Crippen molar-refractivity contribution in [2.75, 3.05) is 36.8 Å². The van der Waals surface area contributed by atoms with E-state index >= 15 is 0 Å². The molecule has 0 spiro atoms. The lowest BCUT2D eigenvalue weighted by atomic mass is 10.2. The fourth-order valence-corrected chi connectivity index (χ4v) is 2.54. The molecule has 1 atom stereocenters. The van der Waals surface area contributed by atoms with Gasteiger partial charge >= 0.3 is 6.03 Å². The quantitative estimate of drug-likeness (QED) is 0.742. The Morgan fingerprint density at radius 3 is 3.11 bits per heavy atom. The maximum atomic E-state index is 11.5. The van der Waals surface area contributed by atoms with Crippen molar-refractivity contribution < 1.29 is 4.79 Å². The molecule has 6 heteroatoms. The lowest BCUT2D eigenvalue weighted by Gasteiger charge is -2.37. The summed E-state index contributed by atoms with van der Waals surface area (Å²) in [6, 6.07) is 2.32. The predicted molar refractivity (Wildman–Crippen MR) is 69.5 cm³/mol. The summed E-state index contributed by atoms with van der Waals surface area (Å²) in [6.45, 7) is 5.11. The number of hydrogen-bond acceptors (Lipinski definition) is 4. The Morgan fingerprint density at radius 2 is 2.33 bits per heavy atom. The van der Waals surface area contributed by atoms with Crippen molar-refractivity contribution in [3.8, 4) is 0 Å². The summed E-state index contributed by atoms with van der Waals surface area (Å²) in [6.07, 6.45) is 1.70. The lowest BCUT2D eigenvalue weighted by molar-refractivity contribution is 0.197. The maximum Gasteiger partial charge on any atom is 0.317 e. The van der Waals surface area contributed by atoms with Gasteiger partial charge in [-0.1, -0.05) is 0 Å². The molecule has 1 aromatic rings. The molecule has 3 N–H and O–H groups in total.